The SMILES string of the molecule is CCCCC=CCCCC=CCCCCCO. The molecule has 100 valence electrons. The van der Waals surface area contributed by atoms with E-state index >= 15 is 0 Å². The van der Waals surface area contributed by atoms with Crippen LogP contribution in [0.25, 0.3) is 0 Å². The second-order valence-corrected chi connectivity index (χ2v) is 4.59. The Kier molecular flexibility index (Phi) is 14.9. The smallest absolute Gasteiger partial charge is 0.0431 e. The van der Waals surface area contributed by atoms with E-state index in [1.165, 1.54) is 51.4 Å². The molecule has 0 unspecified atom stereocenters. The van der Waals surface area contributed by atoms with Crippen molar-refractivity contribution in [1.29, 1.82) is 0 Å². The minimum absolute atomic E-state index is 0.341. The summed E-state index contributed by atoms with van der Waals surface area (Å²) in [5.74, 6) is 0. The minimum Gasteiger partial charge on any atom is -0.396 e. The summed E-state index contributed by atoms with van der Waals surface area (Å²) in [6.45, 7) is 2.58. The van der Waals surface area contributed by atoms with E-state index in [0.29, 0.717) is 6.61 Å². The molecule has 0 aromatic rings. The number of hydrogen-bond acceptors (Lipinski definition) is 1. The molecule has 0 amide bonds. The Morgan fingerprint density at radius 1 is 0.647 bits per heavy atom. The number of aliphatic hydroxyl groups excluding tert-OH is 1. The lowest BCUT2D eigenvalue weighted by atomic mass is 10.1. The first-order chi connectivity index (χ1) is 8.41. The quantitative estimate of drug-likeness (QED) is 0.374. The van der Waals surface area contributed by atoms with Crippen molar-refractivity contribution in [3.05, 3.63) is 24.3 Å². The first-order valence-corrected chi connectivity index (χ1v) is 7.32. The summed E-state index contributed by atoms with van der Waals surface area (Å²) in [6, 6.07) is 0. The maximum atomic E-state index is 8.62. The Morgan fingerprint density at radius 2 is 1.18 bits per heavy atom. The summed E-state index contributed by atoms with van der Waals surface area (Å²) < 4.78 is 0. The van der Waals surface area contributed by atoms with Crippen molar-refractivity contribution in [3.63, 3.8) is 0 Å². The molecule has 0 aliphatic heterocycles. The summed E-state index contributed by atoms with van der Waals surface area (Å²) in [4.78, 5) is 0. The molecule has 1 nitrogen and oxygen atoms in total. The standard InChI is InChI=1S/C16H30O/c1-2-3-4-5-6-7-8-9-10-11-12-13-14-15-16-17/h5-6,10-11,17H,2-4,7-9,12-16H2,1H3. The number of unbranched alkanes of at least 4 members (excludes halogenated alkanes) is 7. The first-order valence-electron chi connectivity index (χ1n) is 7.32. The molecule has 0 heterocycles. The average Bonchev–Trinajstić information content (AvgIpc) is 2.35. The van der Waals surface area contributed by atoms with Gasteiger partial charge in [-0.25, -0.2) is 0 Å². The molecule has 0 aromatic carbocycles. The van der Waals surface area contributed by atoms with Crippen LogP contribution in [0.2, 0.25) is 0 Å². The van der Waals surface area contributed by atoms with Gasteiger partial charge in [0.25, 0.3) is 0 Å². The zero-order valence-electron chi connectivity index (χ0n) is 11.5. The Balaban J connectivity index is 3.11. The summed E-state index contributed by atoms with van der Waals surface area (Å²) in [5.41, 5.74) is 0. The van der Waals surface area contributed by atoms with E-state index in [0.717, 1.165) is 12.8 Å². The number of allylic oxidation sites excluding steroid dienone is 4. The molecule has 0 rings (SSSR count). The van der Waals surface area contributed by atoms with E-state index in [1.807, 2.05) is 0 Å². The molecule has 0 saturated carbocycles. The van der Waals surface area contributed by atoms with E-state index in [2.05, 4.69) is 31.2 Å². The molecule has 0 fully saturated rings. The fraction of sp³-hybridized carbons (Fsp3) is 0.750. The van der Waals surface area contributed by atoms with Gasteiger partial charge in [-0.05, 0) is 44.9 Å². The highest BCUT2D eigenvalue weighted by Gasteiger charge is 1.85. The lowest BCUT2D eigenvalue weighted by molar-refractivity contribution is 0.283. The van der Waals surface area contributed by atoms with E-state index in [1.54, 1.807) is 0 Å². The highest BCUT2D eigenvalue weighted by Crippen LogP contribution is 2.04. The van der Waals surface area contributed by atoms with E-state index < -0.39 is 0 Å². The van der Waals surface area contributed by atoms with Crippen molar-refractivity contribution in [1.82, 2.24) is 0 Å². The lowest BCUT2D eigenvalue weighted by Gasteiger charge is -1.94. The van der Waals surface area contributed by atoms with E-state index in [9.17, 15) is 0 Å². The highest BCUT2D eigenvalue weighted by molar-refractivity contribution is 4.85. The molecule has 0 aliphatic carbocycles. The van der Waals surface area contributed by atoms with Crippen LogP contribution in [-0.4, -0.2) is 11.7 Å². The Bertz CT molecular complexity index is 182. The Hall–Kier alpha value is -0.560. The van der Waals surface area contributed by atoms with Crippen LogP contribution >= 0.6 is 0 Å². The predicted molar refractivity (Wildman–Crippen MR) is 77.2 cm³/mol. The molecule has 0 radical (unpaired) electrons. The van der Waals surface area contributed by atoms with Crippen molar-refractivity contribution in [2.75, 3.05) is 6.61 Å². The largest absolute Gasteiger partial charge is 0.396 e. The molecule has 17 heavy (non-hydrogen) atoms. The summed E-state index contributed by atoms with van der Waals surface area (Å²) in [5, 5.41) is 8.62. The maximum absolute atomic E-state index is 8.62. The third kappa shape index (κ3) is 15.4. The van der Waals surface area contributed by atoms with Crippen LogP contribution in [0.1, 0.15) is 71.1 Å². The van der Waals surface area contributed by atoms with Crippen molar-refractivity contribution in [2.24, 2.45) is 0 Å². The molecule has 0 spiro atoms. The number of hydrogen-bond donors (Lipinski definition) is 1. The van der Waals surface area contributed by atoms with Crippen LogP contribution in [0.4, 0.5) is 0 Å². The van der Waals surface area contributed by atoms with Crippen LogP contribution in [0.3, 0.4) is 0 Å². The van der Waals surface area contributed by atoms with Crippen molar-refractivity contribution >= 4 is 0 Å². The van der Waals surface area contributed by atoms with Crippen LogP contribution < -0.4 is 0 Å². The third-order valence-electron chi connectivity index (χ3n) is 2.83. The summed E-state index contributed by atoms with van der Waals surface area (Å²) >= 11 is 0. The molecule has 0 atom stereocenters. The van der Waals surface area contributed by atoms with Crippen LogP contribution in [0.15, 0.2) is 24.3 Å². The first kappa shape index (κ1) is 16.4. The summed E-state index contributed by atoms with van der Waals surface area (Å²) in [6.07, 6.45) is 21.3. The predicted octanol–water partition coefficient (Wildman–Crippen LogP) is 5.01. The average molecular weight is 238 g/mol. The van der Waals surface area contributed by atoms with Gasteiger partial charge in [0.15, 0.2) is 0 Å². The topological polar surface area (TPSA) is 20.2 Å². The van der Waals surface area contributed by atoms with Crippen LogP contribution in [-0.2, 0) is 0 Å². The Labute approximate surface area is 108 Å². The van der Waals surface area contributed by atoms with Gasteiger partial charge >= 0.3 is 0 Å². The molecule has 0 aliphatic rings. The maximum Gasteiger partial charge on any atom is 0.0431 e. The van der Waals surface area contributed by atoms with Gasteiger partial charge in [-0.2, -0.15) is 0 Å². The second-order valence-electron chi connectivity index (χ2n) is 4.59. The molecule has 0 bridgehead atoms. The van der Waals surface area contributed by atoms with Gasteiger partial charge in [0.05, 0.1) is 0 Å². The number of rotatable bonds is 12. The van der Waals surface area contributed by atoms with Gasteiger partial charge in [0, 0.05) is 6.61 Å². The van der Waals surface area contributed by atoms with Crippen molar-refractivity contribution < 1.29 is 5.11 Å². The number of aliphatic hydroxyl groups is 1. The van der Waals surface area contributed by atoms with Crippen molar-refractivity contribution in [3.8, 4) is 0 Å². The van der Waals surface area contributed by atoms with E-state index in [4.69, 9.17) is 5.11 Å². The second kappa shape index (κ2) is 15.4. The van der Waals surface area contributed by atoms with Gasteiger partial charge < -0.3 is 5.11 Å². The van der Waals surface area contributed by atoms with Gasteiger partial charge in [-0.3, -0.25) is 0 Å². The van der Waals surface area contributed by atoms with Gasteiger partial charge in [-0.15, -0.1) is 0 Å². The zero-order chi connectivity index (χ0) is 12.6. The Morgan fingerprint density at radius 3 is 1.71 bits per heavy atom. The fourth-order valence-corrected chi connectivity index (χ4v) is 1.70. The summed E-state index contributed by atoms with van der Waals surface area (Å²) in [7, 11) is 0. The normalized spacial score (nSPS) is 11.9. The third-order valence-corrected chi connectivity index (χ3v) is 2.83. The van der Waals surface area contributed by atoms with E-state index in [-0.39, 0.29) is 0 Å². The zero-order valence-corrected chi connectivity index (χ0v) is 11.5. The molecule has 0 saturated heterocycles. The minimum atomic E-state index is 0.341. The fourth-order valence-electron chi connectivity index (χ4n) is 1.70. The molecular weight excluding hydrogens is 208 g/mol. The molecular formula is C16H30O. The van der Waals surface area contributed by atoms with Gasteiger partial charge in [0.2, 0.25) is 0 Å². The molecule has 1 heteroatoms. The highest BCUT2D eigenvalue weighted by atomic mass is 16.2. The van der Waals surface area contributed by atoms with Crippen molar-refractivity contribution in [2.45, 2.75) is 71.1 Å². The van der Waals surface area contributed by atoms with Gasteiger partial charge in [0.1, 0.15) is 0 Å². The van der Waals surface area contributed by atoms with Crippen LogP contribution in [0, 0.1) is 0 Å². The monoisotopic (exact) mass is 238 g/mol. The molecule has 0 aromatic heterocycles. The molecule has 1 N–H and O–H groups in total. The van der Waals surface area contributed by atoms with Crippen LogP contribution in [0.5, 0.6) is 0 Å². The lowest BCUT2D eigenvalue weighted by Crippen LogP contribution is -1.81. The van der Waals surface area contributed by atoms with Gasteiger partial charge in [-0.1, -0.05) is 50.5 Å².